The van der Waals surface area contributed by atoms with E-state index in [2.05, 4.69) is 20.4 Å². The number of aromatic amines is 1. The lowest BCUT2D eigenvalue weighted by Gasteiger charge is -2.21. The van der Waals surface area contributed by atoms with E-state index in [1.165, 1.54) is 23.9 Å². The summed E-state index contributed by atoms with van der Waals surface area (Å²) in [4.78, 5) is 7.27. The lowest BCUT2D eigenvalue weighted by Crippen LogP contribution is -2.18. The molecule has 1 unspecified atom stereocenters. The Balaban J connectivity index is 1.85. The first-order valence-corrected chi connectivity index (χ1v) is 11.5. The van der Waals surface area contributed by atoms with Crippen molar-refractivity contribution in [3.05, 3.63) is 82.3 Å². The second-order valence-electron chi connectivity index (χ2n) is 7.81. The largest absolute Gasteiger partial charge is 0.497 e. The van der Waals surface area contributed by atoms with E-state index in [-0.39, 0.29) is 41.0 Å². The van der Waals surface area contributed by atoms with Crippen LogP contribution in [0.25, 0.3) is 5.82 Å². The summed E-state index contributed by atoms with van der Waals surface area (Å²) in [5.74, 6) is 0.0366. The topological polar surface area (TPSA) is 173 Å². The molecule has 8 N–H and O–H groups in total. The molecule has 0 amide bonds. The van der Waals surface area contributed by atoms with Crippen LogP contribution in [0.5, 0.6) is 11.5 Å². The molecule has 0 radical (unpaired) electrons. The van der Waals surface area contributed by atoms with Crippen LogP contribution < -0.4 is 26.3 Å². The molecule has 2 aromatic carbocycles. The molecule has 37 heavy (non-hydrogen) atoms. The number of benzene rings is 2. The van der Waals surface area contributed by atoms with E-state index in [1.54, 1.807) is 42.6 Å². The number of nitrogens with zero attached hydrogens (tertiary/aromatic N) is 3. The number of amidine groups is 1. The predicted octanol–water partition coefficient (Wildman–Crippen LogP) is 2.91. The first kappa shape index (κ1) is 25.6. The number of anilines is 2. The van der Waals surface area contributed by atoms with Gasteiger partial charge in [0, 0.05) is 29.1 Å². The zero-order valence-electron chi connectivity index (χ0n) is 19.7. The Bertz CT molecular complexity index is 1470. The Kier molecular flexibility index (Phi) is 7.65. The van der Waals surface area contributed by atoms with Crippen molar-refractivity contribution in [3.63, 3.8) is 0 Å². The van der Waals surface area contributed by atoms with Gasteiger partial charge in [0.2, 0.25) is 4.77 Å². The van der Waals surface area contributed by atoms with Crippen molar-refractivity contribution in [1.82, 2.24) is 19.7 Å². The maximum absolute atomic E-state index is 15.8. The van der Waals surface area contributed by atoms with Gasteiger partial charge in [0.15, 0.2) is 23.2 Å². The number of aliphatic hydroxyl groups is 1. The summed E-state index contributed by atoms with van der Waals surface area (Å²) in [6.45, 7) is -0.400. The van der Waals surface area contributed by atoms with Gasteiger partial charge in [0.05, 0.1) is 19.4 Å². The summed E-state index contributed by atoms with van der Waals surface area (Å²) in [6, 6.07) is 12.1. The number of H-pyrrole nitrogens is 1. The molecule has 11 nitrogen and oxygen atoms in total. The molecule has 0 saturated heterocycles. The average molecular weight is 525 g/mol. The van der Waals surface area contributed by atoms with Crippen molar-refractivity contribution < 1.29 is 19.0 Å². The van der Waals surface area contributed by atoms with Crippen LogP contribution >= 0.6 is 12.2 Å². The Morgan fingerprint density at radius 2 is 2.05 bits per heavy atom. The van der Waals surface area contributed by atoms with Crippen molar-refractivity contribution in [1.29, 1.82) is 5.41 Å². The first-order valence-electron chi connectivity index (χ1n) is 11.0. The highest BCUT2D eigenvalue weighted by Crippen LogP contribution is 2.35. The van der Waals surface area contributed by atoms with E-state index in [0.29, 0.717) is 28.5 Å². The summed E-state index contributed by atoms with van der Waals surface area (Å²) >= 11 is 5.47. The van der Waals surface area contributed by atoms with E-state index in [4.69, 9.17) is 43.7 Å². The fourth-order valence-electron chi connectivity index (χ4n) is 3.59. The number of hydrogen-bond acceptors (Lipinski definition) is 9. The Morgan fingerprint density at radius 3 is 2.70 bits per heavy atom. The van der Waals surface area contributed by atoms with Gasteiger partial charge in [-0.05, 0) is 54.7 Å². The number of aromatic nitrogens is 4. The van der Waals surface area contributed by atoms with Crippen molar-refractivity contribution >= 4 is 29.4 Å². The lowest BCUT2D eigenvalue weighted by molar-refractivity contribution is 0.195. The van der Waals surface area contributed by atoms with Gasteiger partial charge >= 0.3 is 0 Å². The highest BCUT2D eigenvalue weighted by atomic mass is 32.1. The van der Waals surface area contributed by atoms with E-state index < -0.39 is 11.9 Å². The Hall–Kier alpha value is -4.49. The number of rotatable bonds is 10. The molecule has 0 aliphatic rings. The van der Waals surface area contributed by atoms with Gasteiger partial charge in [-0.1, -0.05) is 0 Å². The Labute approximate surface area is 216 Å². The molecule has 0 aliphatic heterocycles. The van der Waals surface area contributed by atoms with Crippen LogP contribution in [-0.4, -0.2) is 51.0 Å². The minimum absolute atomic E-state index is 0.0802. The van der Waals surface area contributed by atoms with E-state index in [1.807, 2.05) is 0 Å². The molecule has 1 atom stereocenters. The summed E-state index contributed by atoms with van der Waals surface area (Å²) < 4.78 is 28.1. The van der Waals surface area contributed by atoms with Gasteiger partial charge in [0.25, 0.3) is 0 Å². The van der Waals surface area contributed by atoms with Crippen LogP contribution in [0.1, 0.15) is 23.0 Å². The maximum Gasteiger partial charge on any atom is 0.201 e. The highest BCUT2D eigenvalue weighted by molar-refractivity contribution is 7.71. The molecule has 4 rings (SSSR count). The van der Waals surface area contributed by atoms with Crippen LogP contribution in [0, 0.1) is 16.0 Å². The van der Waals surface area contributed by atoms with Crippen molar-refractivity contribution in [2.24, 2.45) is 5.73 Å². The third kappa shape index (κ3) is 5.52. The van der Waals surface area contributed by atoms with Crippen LogP contribution in [0.15, 0.2) is 54.7 Å². The molecule has 4 aromatic rings. The van der Waals surface area contributed by atoms with Crippen molar-refractivity contribution in [2.45, 2.75) is 6.04 Å². The van der Waals surface area contributed by atoms with Crippen LogP contribution in [0.3, 0.4) is 0 Å². The monoisotopic (exact) mass is 524 g/mol. The molecule has 2 aromatic heterocycles. The van der Waals surface area contributed by atoms with Gasteiger partial charge in [0.1, 0.15) is 24.2 Å². The van der Waals surface area contributed by atoms with E-state index >= 15 is 4.39 Å². The fourth-order valence-corrected chi connectivity index (χ4v) is 3.82. The molecular weight excluding hydrogens is 499 g/mol. The molecule has 0 spiro atoms. The molecule has 192 valence electrons. The molecule has 0 saturated carbocycles. The second-order valence-corrected chi connectivity index (χ2v) is 8.20. The van der Waals surface area contributed by atoms with Crippen LogP contribution in [0.2, 0.25) is 0 Å². The third-order valence-electron chi connectivity index (χ3n) is 5.37. The van der Waals surface area contributed by atoms with E-state index in [0.717, 1.165) is 0 Å². The zero-order chi connectivity index (χ0) is 26.5. The van der Waals surface area contributed by atoms with Gasteiger partial charge in [-0.3, -0.25) is 5.41 Å². The highest BCUT2D eigenvalue weighted by Gasteiger charge is 2.26. The summed E-state index contributed by atoms with van der Waals surface area (Å²) in [6.07, 6.45) is 1.56. The number of methoxy groups -OCH3 is 1. The number of halogens is 1. The summed E-state index contributed by atoms with van der Waals surface area (Å²) in [5.41, 5.74) is 13.2. The molecule has 13 heteroatoms. The average Bonchev–Trinajstić information content (AvgIpc) is 3.28. The quantitative estimate of drug-likeness (QED) is 0.104. The normalized spacial score (nSPS) is 11.6. The van der Waals surface area contributed by atoms with E-state index in [9.17, 15) is 0 Å². The zero-order valence-corrected chi connectivity index (χ0v) is 20.6. The number of hydrogen-bond donors (Lipinski definition) is 6. The smallest absolute Gasteiger partial charge is 0.201 e. The molecule has 0 fully saturated rings. The molecule has 0 aliphatic carbocycles. The van der Waals surface area contributed by atoms with Crippen LogP contribution in [0.4, 0.5) is 15.8 Å². The standard InChI is InChI=1S/C24H25FN8O3S/c1-35-15-11-16(19(25)18(12-15)36-10-9-34)20(30-14-6-4-13(5-7-14)21(27)28)22-31-24(37)33(32-22)23-17(26)3-2-8-29-23/h2-8,11-12,20,30,34H,9-10,26H2,1H3,(H3,27,28)(H,31,32,37). The number of nitrogens with one attached hydrogen (secondary N) is 3. The number of pyridine rings is 1. The fraction of sp³-hybridized carbons (Fsp3) is 0.167. The number of aliphatic hydroxyl groups excluding tert-OH is 1. The number of nitrogen functional groups attached to an aromatic ring is 2. The van der Waals surface area contributed by atoms with Gasteiger partial charge in [-0.25, -0.2) is 9.37 Å². The molecule has 2 heterocycles. The number of ether oxygens (including phenoxy) is 2. The van der Waals surface area contributed by atoms with Gasteiger partial charge in [-0.2, -0.15) is 4.68 Å². The SMILES string of the molecule is COc1cc(OCCO)c(F)c(C(Nc2ccc(C(=N)N)cc2)c2nn(-c3ncccc3N)c(=S)[nH]2)c1. The minimum atomic E-state index is -0.914. The Morgan fingerprint density at radius 1 is 1.30 bits per heavy atom. The maximum atomic E-state index is 15.8. The van der Waals surface area contributed by atoms with Gasteiger partial charge in [-0.15, -0.1) is 5.10 Å². The summed E-state index contributed by atoms with van der Waals surface area (Å²) in [5, 5.41) is 24.6. The molecular formula is C24H25FN8O3S. The predicted molar refractivity (Wildman–Crippen MR) is 139 cm³/mol. The van der Waals surface area contributed by atoms with Crippen LogP contribution in [-0.2, 0) is 0 Å². The first-order chi connectivity index (χ1) is 17.8. The third-order valence-corrected chi connectivity index (χ3v) is 5.64. The minimum Gasteiger partial charge on any atom is -0.497 e. The van der Waals surface area contributed by atoms with Gasteiger partial charge < -0.3 is 36.3 Å². The summed E-state index contributed by atoms with van der Waals surface area (Å²) in [7, 11) is 1.45. The molecule has 0 bridgehead atoms. The van der Waals surface area contributed by atoms with Crippen molar-refractivity contribution in [2.75, 3.05) is 31.4 Å². The van der Waals surface area contributed by atoms with Crippen molar-refractivity contribution in [3.8, 4) is 17.3 Å². The number of nitrogens with two attached hydrogens (primary N) is 2. The lowest BCUT2D eigenvalue weighted by atomic mass is 10.0. The second kappa shape index (κ2) is 11.1.